The van der Waals surface area contributed by atoms with Crippen molar-refractivity contribution in [1.82, 2.24) is 5.32 Å². The van der Waals surface area contributed by atoms with Crippen LogP contribution in [0.4, 0.5) is 4.79 Å². The Morgan fingerprint density at radius 3 is 2.47 bits per heavy atom. The summed E-state index contributed by atoms with van der Waals surface area (Å²) in [6, 6.07) is -1.13. The molecule has 6 heteroatoms. The van der Waals surface area contributed by atoms with Crippen molar-refractivity contribution in [3.8, 4) is 0 Å². The van der Waals surface area contributed by atoms with Crippen molar-refractivity contribution < 1.29 is 24.2 Å². The molecule has 0 radical (unpaired) electrons. The zero-order chi connectivity index (χ0) is 13.5. The zero-order valence-electron chi connectivity index (χ0n) is 10.4. The summed E-state index contributed by atoms with van der Waals surface area (Å²) in [4.78, 5) is 22.0. The first-order valence-corrected chi connectivity index (χ1v) is 5.17. The van der Waals surface area contributed by atoms with E-state index < -0.39 is 23.7 Å². The summed E-state index contributed by atoms with van der Waals surface area (Å²) >= 11 is 0. The summed E-state index contributed by atoms with van der Waals surface area (Å²) in [6.45, 7) is 8.65. The van der Waals surface area contributed by atoms with Crippen LogP contribution in [-0.2, 0) is 14.3 Å². The first kappa shape index (κ1) is 15.4. The molecule has 0 saturated carbocycles. The molecule has 0 aromatic rings. The number of aliphatic carboxylic acids is 1. The van der Waals surface area contributed by atoms with Crippen LogP contribution in [0, 0.1) is 0 Å². The Balaban J connectivity index is 4.20. The van der Waals surface area contributed by atoms with Crippen molar-refractivity contribution >= 4 is 12.1 Å². The maximum Gasteiger partial charge on any atom is 0.408 e. The second kappa shape index (κ2) is 6.90. The Bertz CT molecular complexity index is 282. The van der Waals surface area contributed by atoms with Crippen molar-refractivity contribution in [2.45, 2.75) is 32.4 Å². The van der Waals surface area contributed by atoms with Crippen molar-refractivity contribution in [2.24, 2.45) is 0 Å². The molecule has 0 aromatic heterocycles. The van der Waals surface area contributed by atoms with Gasteiger partial charge in [0.1, 0.15) is 6.61 Å². The molecule has 0 aromatic carbocycles. The average Bonchev–Trinajstić information content (AvgIpc) is 2.19. The van der Waals surface area contributed by atoms with E-state index in [0.29, 0.717) is 0 Å². The van der Waals surface area contributed by atoms with Gasteiger partial charge in [-0.25, -0.2) is 9.59 Å². The number of carboxylic acid groups (broad SMARTS) is 1. The number of rotatable bonds is 6. The number of alkyl carbamates (subject to hydrolysis) is 1. The van der Waals surface area contributed by atoms with E-state index in [1.807, 2.05) is 0 Å². The maximum absolute atomic E-state index is 11.1. The fraction of sp³-hybridized carbons (Fsp3) is 0.636. The second-order valence-corrected chi connectivity index (χ2v) is 4.35. The fourth-order valence-electron chi connectivity index (χ4n) is 0.827. The Kier molecular flexibility index (Phi) is 6.27. The lowest BCUT2D eigenvalue weighted by Gasteiger charge is -2.22. The predicted octanol–water partition coefficient (Wildman–Crippen LogP) is 1.17. The summed E-state index contributed by atoms with van der Waals surface area (Å²) in [5.41, 5.74) is -0.472. The Morgan fingerprint density at radius 1 is 1.47 bits per heavy atom. The summed E-state index contributed by atoms with van der Waals surface area (Å²) in [5, 5.41) is 11.1. The monoisotopic (exact) mass is 245 g/mol. The molecular weight excluding hydrogens is 226 g/mol. The molecule has 0 bridgehead atoms. The molecule has 6 nitrogen and oxygen atoms in total. The molecule has 0 aliphatic carbocycles. The van der Waals surface area contributed by atoms with Crippen molar-refractivity contribution in [2.75, 3.05) is 13.2 Å². The van der Waals surface area contributed by atoms with Gasteiger partial charge in [-0.15, -0.1) is 0 Å². The third-order valence-electron chi connectivity index (χ3n) is 1.61. The first-order valence-electron chi connectivity index (χ1n) is 5.17. The van der Waals surface area contributed by atoms with Crippen molar-refractivity contribution in [1.29, 1.82) is 0 Å². The number of ether oxygens (including phenoxy) is 2. The standard InChI is InChI=1S/C11H19NO5/c1-5-6-16-10(15)12-8(9(13)14)7-17-11(2,3)4/h5,8H,1,6-7H2,2-4H3,(H,12,15)(H,13,14)/t8-/m1/s1. The van der Waals surface area contributed by atoms with Crippen LogP contribution in [0.3, 0.4) is 0 Å². The molecule has 2 N–H and O–H groups in total. The normalized spacial score (nSPS) is 12.6. The summed E-state index contributed by atoms with van der Waals surface area (Å²) in [5.74, 6) is -1.18. The van der Waals surface area contributed by atoms with Gasteiger partial charge in [0.15, 0.2) is 6.04 Å². The molecule has 1 amide bonds. The number of carbonyl (C=O) groups is 2. The number of amides is 1. The van der Waals surface area contributed by atoms with E-state index in [2.05, 4.69) is 16.6 Å². The van der Waals surface area contributed by atoms with E-state index in [9.17, 15) is 9.59 Å². The van der Waals surface area contributed by atoms with Crippen molar-refractivity contribution in [3.63, 3.8) is 0 Å². The van der Waals surface area contributed by atoms with E-state index in [-0.39, 0.29) is 13.2 Å². The highest BCUT2D eigenvalue weighted by Gasteiger charge is 2.23. The highest BCUT2D eigenvalue weighted by molar-refractivity contribution is 5.80. The van der Waals surface area contributed by atoms with Gasteiger partial charge >= 0.3 is 12.1 Å². The lowest BCUT2D eigenvalue weighted by Crippen LogP contribution is -2.45. The molecule has 0 aliphatic heterocycles. The second-order valence-electron chi connectivity index (χ2n) is 4.35. The van der Waals surface area contributed by atoms with Crippen LogP contribution in [0.5, 0.6) is 0 Å². The van der Waals surface area contributed by atoms with Gasteiger partial charge in [-0.2, -0.15) is 0 Å². The summed E-state index contributed by atoms with van der Waals surface area (Å²) in [6.07, 6.45) is 0.580. The quantitative estimate of drug-likeness (QED) is 0.686. The zero-order valence-corrected chi connectivity index (χ0v) is 10.4. The molecule has 0 saturated heterocycles. The van der Waals surface area contributed by atoms with E-state index in [1.54, 1.807) is 20.8 Å². The fourth-order valence-corrected chi connectivity index (χ4v) is 0.827. The SMILES string of the molecule is C=CCOC(=O)N[C@H](COC(C)(C)C)C(=O)O. The lowest BCUT2D eigenvalue weighted by molar-refractivity contribution is -0.142. The number of hydrogen-bond acceptors (Lipinski definition) is 4. The number of carbonyl (C=O) groups excluding carboxylic acids is 1. The van der Waals surface area contributed by atoms with Gasteiger partial charge in [-0.3, -0.25) is 0 Å². The van der Waals surface area contributed by atoms with Crippen LogP contribution in [0.2, 0.25) is 0 Å². The summed E-state index contributed by atoms with van der Waals surface area (Å²) < 4.78 is 9.90. The third kappa shape index (κ3) is 8.27. The smallest absolute Gasteiger partial charge is 0.408 e. The number of carboxylic acids is 1. The minimum atomic E-state index is -1.18. The maximum atomic E-state index is 11.1. The largest absolute Gasteiger partial charge is 0.480 e. The van der Waals surface area contributed by atoms with Gasteiger partial charge in [0, 0.05) is 0 Å². The van der Waals surface area contributed by atoms with Crippen LogP contribution < -0.4 is 5.32 Å². The van der Waals surface area contributed by atoms with Gasteiger partial charge in [0.05, 0.1) is 12.2 Å². The number of hydrogen-bond donors (Lipinski definition) is 2. The highest BCUT2D eigenvalue weighted by atomic mass is 16.5. The predicted molar refractivity (Wildman–Crippen MR) is 61.8 cm³/mol. The van der Waals surface area contributed by atoms with E-state index >= 15 is 0 Å². The minimum absolute atomic E-state index is 0.0261. The topological polar surface area (TPSA) is 84.9 Å². The Morgan fingerprint density at radius 2 is 2.06 bits per heavy atom. The van der Waals surface area contributed by atoms with E-state index in [1.165, 1.54) is 6.08 Å². The molecule has 0 unspecified atom stereocenters. The van der Waals surface area contributed by atoms with Gasteiger partial charge in [0.2, 0.25) is 0 Å². The number of nitrogens with one attached hydrogen (secondary N) is 1. The van der Waals surface area contributed by atoms with Gasteiger partial charge in [0.25, 0.3) is 0 Å². The molecule has 0 heterocycles. The molecule has 0 fully saturated rings. The third-order valence-corrected chi connectivity index (χ3v) is 1.61. The van der Waals surface area contributed by atoms with Crippen molar-refractivity contribution in [3.05, 3.63) is 12.7 Å². The van der Waals surface area contributed by atoms with Gasteiger partial charge < -0.3 is 19.9 Å². The molecule has 0 spiro atoms. The molecule has 1 atom stereocenters. The Labute approximate surface area is 101 Å². The van der Waals surface area contributed by atoms with E-state index in [4.69, 9.17) is 9.84 Å². The highest BCUT2D eigenvalue weighted by Crippen LogP contribution is 2.07. The molecule has 17 heavy (non-hydrogen) atoms. The van der Waals surface area contributed by atoms with Crippen LogP contribution in [0.15, 0.2) is 12.7 Å². The summed E-state index contributed by atoms with van der Waals surface area (Å²) in [7, 11) is 0. The molecular formula is C11H19NO5. The average molecular weight is 245 g/mol. The van der Waals surface area contributed by atoms with E-state index in [0.717, 1.165) is 0 Å². The first-order chi connectivity index (χ1) is 7.76. The van der Waals surface area contributed by atoms with Gasteiger partial charge in [-0.05, 0) is 20.8 Å². The van der Waals surface area contributed by atoms with Crippen LogP contribution in [-0.4, -0.2) is 42.0 Å². The molecule has 0 aliphatic rings. The molecule has 0 rings (SSSR count). The Hall–Kier alpha value is -1.56. The van der Waals surface area contributed by atoms with Gasteiger partial charge in [-0.1, -0.05) is 12.7 Å². The van der Waals surface area contributed by atoms with Crippen LogP contribution in [0.25, 0.3) is 0 Å². The van der Waals surface area contributed by atoms with Crippen LogP contribution >= 0.6 is 0 Å². The van der Waals surface area contributed by atoms with Crippen LogP contribution in [0.1, 0.15) is 20.8 Å². The minimum Gasteiger partial charge on any atom is -0.480 e. The molecule has 98 valence electrons. The lowest BCUT2D eigenvalue weighted by atomic mass is 10.2.